The monoisotopic (exact) mass is 266 g/mol. The second-order valence-corrected chi connectivity index (χ2v) is 3.28. The van der Waals surface area contributed by atoms with Crippen LogP contribution in [-0.4, -0.2) is 18.4 Å². The van der Waals surface area contributed by atoms with Crippen molar-refractivity contribution >= 4 is 23.4 Å². The van der Waals surface area contributed by atoms with Crippen LogP contribution in [0.3, 0.4) is 0 Å². The largest absolute Gasteiger partial charge is 0.460 e. The van der Waals surface area contributed by atoms with E-state index in [-0.39, 0.29) is 12.7 Å². The van der Waals surface area contributed by atoms with Crippen LogP contribution in [-0.2, 0) is 9.53 Å². The number of esters is 1. The number of benzene rings is 1. The smallest absolute Gasteiger partial charge is 0.379 e. The maximum Gasteiger partial charge on any atom is 0.379 e. The number of halogens is 4. The first-order valence-electron chi connectivity index (χ1n) is 4.44. The zero-order chi connectivity index (χ0) is 13.2. The van der Waals surface area contributed by atoms with Crippen molar-refractivity contribution in [1.29, 1.82) is 0 Å². The van der Waals surface area contributed by atoms with E-state index in [1.54, 1.807) is 0 Å². The number of ether oxygens (including phenoxy) is 1. The molecule has 0 atom stereocenters. The Hall–Kier alpha value is -1.56. The van der Waals surface area contributed by atoms with Gasteiger partial charge in [-0.05, 0) is 13.0 Å². The predicted molar refractivity (Wildman–Crippen MR) is 52.3 cm³/mol. The van der Waals surface area contributed by atoms with Crippen molar-refractivity contribution in [3.05, 3.63) is 34.1 Å². The zero-order valence-corrected chi connectivity index (χ0v) is 9.28. The average molecular weight is 267 g/mol. The lowest BCUT2D eigenvalue weighted by Gasteiger charge is -2.05. The van der Waals surface area contributed by atoms with E-state index in [9.17, 15) is 22.8 Å². The number of hydrogen-bond donors (Lipinski definition) is 0. The van der Waals surface area contributed by atoms with E-state index >= 15 is 0 Å². The highest BCUT2D eigenvalue weighted by Gasteiger charge is 2.26. The van der Waals surface area contributed by atoms with Crippen LogP contribution in [0, 0.1) is 17.5 Å². The standard InChI is InChI=1S/C10H6ClF3O3/c1-2-17-10(16)9(15)4-3-5(12)8(14)6(11)7(4)13/h3H,2H2,1H3. The summed E-state index contributed by atoms with van der Waals surface area (Å²) in [7, 11) is 0. The highest BCUT2D eigenvalue weighted by Crippen LogP contribution is 2.25. The van der Waals surface area contributed by atoms with Crippen molar-refractivity contribution in [1.82, 2.24) is 0 Å². The van der Waals surface area contributed by atoms with Crippen LogP contribution >= 0.6 is 11.6 Å². The molecule has 0 aliphatic rings. The minimum absolute atomic E-state index is 0.108. The molecule has 0 saturated heterocycles. The first-order chi connectivity index (χ1) is 7.90. The molecule has 0 amide bonds. The summed E-state index contributed by atoms with van der Waals surface area (Å²) in [5, 5.41) is -1.18. The van der Waals surface area contributed by atoms with Crippen LogP contribution in [0.15, 0.2) is 6.07 Å². The van der Waals surface area contributed by atoms with Crippen LogP contribution in [0.4, 0.5) is 13.2 Å². The van der Waals surface area contributed by atoms with Crippen molar-refractivity contribution < 1.29 is 27.5 Å². The van der Waals surface area contributed by atoms with E-state index in [1.807, 2.05) is 0 Å². The van der Waals surface area contributed by atoms with Crippen molar-refractivity contribution in [3.63, 3.8) is 0 Å². The summed E-state index contributed by atoms with van der Waals surface area (Å²) in [5.41, 5.74) is -0.965. The molecule has 0 aromatic heterocycles. The van der Waals surface area contributed by atoms with Gasteiger partial charge in [0.2, 0.25) is 0 Å². The number of carbonyl (C=O) groups is 2. The summed E-state index contributed by atoms with van der Waals surface area (Å²) < 4.78 is 43.3. The lowest BCUT2D eigenvalue weighted by Crippen LogP contribution is -2.19. The van der Waals surface area contributed by atoms with Gasteiger partial charge in [-0.25, -0.2) is 18.0 Å². The summed E-state index contributed by atoms with van der Waals surface area (Å²) >= 11 is 5.12. The molecule has 0 N–H and O–H groups in total. The second kappa shape index (κ2) is 5.18. The Morgan fingerprint density at radius 2 is 1.88 bits per heavy atom. The molecule has 0 saturated carbocycles. The van der Waals surface area contributed by atoms with Crippen LogP contribution in [0.1, 0.15) is 17.3 Å². The number of rotatable bonds is 3. The maximum absolute atomic E-state index is 13.3. The third-order valence-electron chi connectivity index (χ3n) is 1.81. The van der Waals surface area contributed by atoms with E-state index in [4.69, 9.17) is 11.6 Å². The first-order valence-corrected chi connectivity index (χ1v) is 4.82. The fourth-order valence-electron chi connectivity index (χ4n) is 1.04. The summed E-state index contributed by atoms with van der Waals surface area (Å²) in [5.74, 6) is -7.43. The molecule has 0 fully saturated rings. The minimum Gasteiger partial charge on any atom is -0.460 e. The summed E-state index contributed by atoms with van der Waals surface area (Å²) in [6, 6.07) is 0.260. The molecule has 0 aliphatic heterocycles. The van der Waals surface area contributed by atoms with Gasteiger partial charge in [-0.1, -0.05) is 11.6 Å². The highest BCUT2D eigenvalue weighted by molar-refractivity contribution is 6.41. The molecule has 1 aromatic carbocycles. The Morgan fingerprint density at radius 3 is 2.41 bits per heavy atom. The normalized spacial score (nSPS) is 10.2. The van der Waals surface area contributed by atoms with Gasteiger partial charge in [-0.2, -0.15) is 0 Å². The Morgan fingerprint density at radius 1 is 1.29 bits per heavy atom. The summed E-state index contributed by atoms with van der Waals surface area (Å²) in [6.45, 7) is 1.32. The SMILES string of the molecule is CCOC(=O)C(=O)c1cc(F)c(F)c(Cl)c1F. The third-order valence-corrected chi connectivity index (χ3v) is 2.14. The van der Waals surface area contributed by atoms with E-state index in [2.05, 4.69) is 4.74 Å². The van der Waals surface area contributed by atoms with Gasteiger partial charge in [0, 0.05) is 0 Å². The van der Waals surface area contributed by atoms with Crippen molar-refractivity contribution in [2.24, 2.45) is 0 Å². The molecule has 92 valence electrons. The molecule has 0 radical (unpaired) electrons. The zero-order valence-electron chi connectivity index (χ0n) is 8.52. The van der Waals surface area contributed by atoms with Crippen molar-refractivity contribution in [3.8, 4) is 0 Å². The fourth-order valence-corrected chi connectivity index (χ4v) is 1.24. The molecule has 0 aliphatic carbocycles. The van der Waals surface area contributed by atoms with Crippen LogP contribution in [0.2, 0.25) is 5.02 Å². The molecule has 0 unspecified atom stereocenters. The van der Waals surface area contributed by atoms with Gasteiger partial charge in [-0.15, -0.1) is 0 Å². The Kier molecular flexibility index (Phi) is 4.11. The van der Waals surface area contributed by atoms with Gasteiger partial charge >= 0.3 is 5.97 Å². The number of ketones is 1. The summed E-state index contributed by atoms with van der Waals surface area (Å²) in [6.07, 6.45) is 0. The van der Waals surface area contributed by atoms with Gasteiger partial charge in [0.05, 0.1) is 12.2 Å². The van der Waals surface area contributed by atoms with E-state index in [1.165, 1.54) is 6.92 Å². The Labute approximate surface area is 99.1 Å². The Balaban J connectivity index is 3.24. The molecule has 17 heavy (non-hydrogen) atoms. The maximum atomic E-state index is 13.3. The van der Waals surface area contributed by atoms with Gasteiger partial charge in [-0.3, -0.25) is 4.79 Å². The van der Waals surface area contributed by atoms with E-state index < -0.39 is 39.8 Å². The van der Waals surface area contributed by atoms with E-state index in [0.717, 1.165) is 0 Å². The topological polar surface area (TPSA) is 43.4 Å². The molecule has 0 bridgehead atoms. The van der Waals surface area contributed by atoms with Gasteiger partial charge in [0.25, 0.3) is 5.78 Å². The van der Waals surface area contributed by atoms with Gasteiger partial charge in [0.1, 0.15) is 5.02 Å². The van der Waals surface area contributed by atoms with Crippen molar-refractivity contribution in [2.45, 2.75) is 6.92 Å². The first kappa shape index (κ1) is 13.5. The molecular weight excluding hydrogens is 261 g/mol. The van der Waals surface area contributed by atoms with E-state index in [0.29, 0.717) is 0 Å². The van der Waals surface area contributed by atoms with Crippen molar-refractivity contribution in [2.75, 3.05) is 6.61 Å². The number of Topliss-reactive ketones (excluding diaryl/α,β-unsaturated/α-hetero) is 1. The van der Waals surface area contributed by atoms with Crippen LogP contribution in [0.25, 0.3) is 0 Å². The molecule has 0 spiro atoms. The lowest BCUT2D eigenvalue weighted by molar-refractivity contribution is -0.137. The lowest BCUT2D eigenvalue weighted by atomic mass is 10.1. The highest BCUT2D eigenvalue weighted by atomic mass is 35.5. The summed E-state index contributed by atoms with van der Waals surface area (Å²) in [4.78, 5) is 22.3. The molecule has 3 nitrogen and oxygen atoms in total. The molecule has 1 rings (SSSR count). The Bertz CT molecular complexity index is 488. The fraction of sp³-hybridized carbons (Fsp3) is 0.200. The molecule has 1 aromatic rings. The van der Waals surface area contributed by atoms with Crippen LogP contribution < -0.4 is 0 Å². The van der Waals surface area contributed by atoms with Gasteiger partial charge < -0.3 is 4.74 Å². The average Bonchev–Trinajstić information content (AvgIpc) is 2.30. The minimum atomic E-state index is -1.62. The molecule has 0 heterocycles. The number of hydrogen-bond acceptors (Lipinski definition) is 3. The predicted octanol–water partition coefficient (Wildman–Crippen LogP) is 2.50. The third kappa shape index (κ3) is 2.58. The molecular formula is C10H6ClF3O3. The molecule has 7 heteroatoms. The van der Waals surface area contributed by atoms with Crippen LogP contribution in [0.5, 0.6) is 0 Å². The quantitative estimate of drug-likeness (QED) is 0.278. The number of carbonyl (C=O) groups excluding carboxylic acids is 2. The van der Waals surface area contributed by atoms with Gasteiger partial charge in [0.15, 0.2) is 17.5 Å². The second-order valence-electron chi connectivity index (χ2n) is 2.90.